The first kappa shape index (κ1) is 16.9. The summed E-state index contributed by atoms with van der Waals surface area (Å²) in [6.45, 7) is 7.11. The monoisotopic (exact) mass is 270 g/mol. The molecule has 1 aliphatic carbocycles. The van der Waals surface area contributed by atoms with Crippen LogP contribution in [-0.2, 0) is 0 Å². The van der Waals surface area contributed by atoms with E-state index in [2.05, 4.69) is 21.3 Å². The zero-order chi connectivity index (χ0) is 13.8. The molecule has 2 atom stereocenters. The molecule has 0 aromatic heterocycles. The van der Waals surface area contributed by atoms with Gasteiger partial charge in [-0.3, -0.25) is 0 Å². The van der Waals surface area contributed by atoms with Crippen LogP contribution in [-0.4, -0.2) is 53.4 Å². The van der Waals surface area contributed by atoms with E-state index in [1.807, 2.05) is 14.1 Å². The molecule has 4 nitrogen and oxygen atoms in total. The summed E-state index contributed by atoms with van der Waals surface area (Å²) in [5, 5.41) is 13.6. The van der Waals surface area contributed by atoms with E-state index in [0.717, 1.165) is 24.9 Å². The van der Waals surface area contributed by atoms with Gasteiger partial charge in [0.2, 0.25) is 0 Å². The first-order valence-electron chi connectivity index (χ1n) is 8.09. The summed E-state index contributed by atoms with van der Waals surface area (Å²) in [6.07, 6.45) is 6.58. The molecule has 1 rings (SSSR count). The highest BCUT2D eigenvalue weighted by Gasteiger charge is 2.35. The maximum atomic E-state index is 3.59. The number of rotatable bonds is 14. The maximum absolute atomic E-state index is 3.59. The predicted molar refractivity (Wildman–Crippen MR) is 83.7 cm³/mol. The topological polar surface area (TPSA) is 48.1 Å². The Labute approximate surface area is 119 Å². The molecule has 0 saturated heterocycles. The Balaban J connectivity index is 1.76. The molecule has 1 aliphatic rings. The second-order valence-electron chi connectivity index (χ2n) is 5.79. The van der Waals surface area contributed by atoms with Gasteiger partial charge in [-0.1, -0.05) is 0 Å². The molecule has 0 aromatic carbocycles. The average molecular weight is 270 g/mol. The fraction of sp³-hybridized carbons (Fsp3) is 1.00. The van der Waals surface area contributed by atoms with E-state index in [-0.39, 0.29) is 0 Å². The minimum Gasteiger partial charge on any atom is -0.320 e. The molecule has 0 unspecified atom stereocenters. The van der Waals surface area contributed by atoms with Gasteiger partial charge in [0.25, 0.3) is 0 Å². The van der Waals surface area contributed by atoms with Crippen molar-refractivity contribution in [3.63, 3.8) is 0 Å². The predicted octanol–water partition coefficient (Wildman–Crippen LogP) is 0.801. The zero-order valence-corrected chi connectivity index (χ0v) is 12.9. The Bertz CT molecular complexity index is 179. The molecular weight excluding hydrogens is 236 g/mol. The first-order chi connectivity index (χ1) is 9.38. The van der Waals surface area contributed by atoms with Gasteiger partial charge in [0.1, 0.15) is 0 Å². The Kier molecular flexibility index (Phi) is 10.4. The second-order valence-corrected chi connectivity index (χ2v) is 5.79. The van der Waals surface area contributed by atoms with Gasteiger partial charge in [-0.2, -0.15) is 0 Å². The van der Waals surface area contributed by atoms with E-state index < -0.39 is 0 Å². The number of nitrogens with one attached hydrogen (secondary N) is 4. The third-order valence-corrected chi connectivity index (χ3v) is 3.94. The van der Waals surface area contributed by atoms with Crippen molar-refractivity contribution in [2.75, 3.05) is 53.4 Å². The van der Waals surface area contributed by atoms with Crippen LogP contribution in [0.1, 0.15) is 32.1 Å². The molecule has 1 saturated carbocycles. The molecule has 0 bridgehead atoms. The molecule has 1 fully saturated rings. The Morgan fingerprint density at radius 1 is 0.684 bits per heavy atom. The fourth-order valence-electron chi connectivity index (χ4n) is 2.49. The van der Waals surface area contributed by atoms with Gasteiger partial charge in [0.15, 0.2) is 0 Å². The van der Waals surface area contributed by atoms with E-state index in [1.54, 1.807) is 0 Å². The van der Waals surface area contributed by atoms with Crippen molar-refractivity contribution in [2.24, 2.45) is 11.8 Å². The van der Waals surface area contributed by atoms with Crippen molar-refractivity contribution in [1.29, 1.82) is 0 Å². The van der Waals surface area contributed by atoms with Gasteiger partial charge in [-0.25, -0.2) is 0 Å². The van der Waals surface area contributed by atoms with E-state index in [9.17, 15) is 0 Å². The van der Waals surface area contributed by atoms with Gasteiger partial charge in [0, 0.05) is 0 Å². The SMILES string of the molecule is CNCCCCNC[C@@H]1C[C@H]1CNCCCCNC. The summed E-state index contributed by atoms with van der Waals surface area (Å²) in [5.41, 5.74) is 0. The van der Waals surface area contributed by atoms with E-state index in [0.29, 0.717) is 0 Å². The molecule has 0 heterocycles. The van der Waals surface area contributed by atoms with E-state index >= 15 is 0 Å². The summed E-state index contributed by atoms with van der Waals surface area (Å²) in [7, 11) is 4.04. The van der Waals surface area contributed by atoms with Crippen LogP contribution in [0, 0.1) is 11.8 Å². The molecule has 0 spiro atoms. The molecule has 114 valence electrons. The third kappa shape index (κ3) is 9.38. The average Bonchev–Trinajstić information content (AvgIpc) is 3.16. The lowest BCUT2D eigenvalue weighted by molar-refractivity contribution is 0.535. The van der Waals surface area contributed by atoms with Crippen LogP contribution in [0.15, 0.2) is 0 Å². The molecule has 0 radical (unpaired) electrons. The van der Waals surface area contributed by atoms with Gasteiger partial charge in [-0.15, -0.1) is 0 Å². The van der Waals surface area contributed by atoms with Crippen LogP contribution in [0.5, 0.6) is 0 Å². The largest absolute Gasteiger partial charge is 0.320 e. The zero-order valence-electron chi connectivity index (χ0n) is 12.9. The molecule has 0 aliphatic heterocycles. The summed E-state index contributed by atoms with van der Waals surface area (Å²) >= 11 is 0. The number of hydrogen-bond donors (Lipinski definition) is 4. The summed E-state index contributed by atoms with van der Waals surface area (Å²) in [6, 6.07) is 0. The molecule has 0 aromatic rings. The highest BCUT2D eigenvalue weighted by atomic mass is 14.9. The maximum Gasteiger partial charge on any atom is -0.00173 e. The summed E-state index contributed by atoms with van der Waals surface area (Å²) < 4.78 is 0. The van der Waals surface area contributed by atoms with Gasteiger partial charge < -0.3 is 21.3 Å². The van der Waals surface area contributed by atoms with E-state index in [4.69, 9.17) is 0 Å². The normalized spacial score (nSPS) is 21.8. The van der Waals surface area contributed by atoms with Crippen molar-refractivity contribution in [3.05, 3.63) is 0 Å². The number of unbranched alkanes of at least 4 members (excludes halogenated alkanes) is 2. The Morgan fingerprint density at radius 3 is 1.53 bits per heavy atom. The van der Waals surface area contributed by atoms with Crippen LogP contribution in [0.25, 0.3) is 0 Å². The molecule has 0 amide bonds. The summed E-state index contributed by atoms with van der Waals surface area (Å²) in [4.78, 5) is 0. The highest BCUT2D eigenvalue weighted by molar-refractivity contribution is 4.89. The smallest absolute Gasteiger partial charge is 0.00173 e. The van der Waals surface area contributed by atoms with Crippen LogP contribution < -0.4 is 21.3 Å². The quantitative estimate of drug-likeness (QED) is 0.353. The highest BCUT2D eigenvalue weighted by Crippen LogP contribution is 2.36. The van der Waals surface area contributed by atoms with Gasteiger partial charge in [-0.05, 0) is 97.3 Å². The van der Waals surface area contributed by atoms with Crippen molar-refractivity contribution < 1.29 is 0 Å². The first-order valence-corrected chi connectivity index (χ1v) is 8.09. The molecule has 4 N–H and O–H groups in total. The lowest BCUT2D eigenvalue weighted by atomic mass is 10.2. The lowest BCUT2D eigenvalue weighted by Gasteiger charge is -2.06. The lowest BCUT2D eigenvalue weighted by Crippen LogP contribution is -2.23. The van der Waals surface area contributed by atoms with Gasteiger partial charge >= 0.3 is 0 Å². The molecular formula is C15H34N4. The van der Waals surface area contributed by atoms with Crippen LogP contribution >= 0.6 is 0 Å². The van der Waals surface area contributed by atoms with Crippen LogP contribution in [0.4, 0.5) is 0 Å². The van der Waals surface area contributed by atoms with Crippen molar-refractivity contribution in [1.82, 2.24) is 21.3 Å². The second kappa shape index (κ2) is 11.6. The Morgan fingerprint density at radius 2 is 1.11 bits per heavy atom. The fourth-order valence-corrected chi connectivity index (χ4v) is 2.49. The van der Waals surface area contributed by atoms with Crippen molar-refractivity contribution in [2.45, 2.75) is 32.1 Å². The molecule has 19 heavy (non-hydrogen) atoms. The van der Waals surface area contributed by atoms with Crippen molar-refractivity contribution >= 4 is 0 Å². The Hall–Kier alpha value is -0.160. The van der Waals surface area contributed by atoms with Gasteiger partial charge in [0.05, 0.1) is 0 Å². The van der Waals surface area contributed by atoms with Crippen molar-refractivity contribution in [3.8, 4) is 0 Å². The molecule has 4 heteroatoms. The standard InChI is InChI=1S/C15H34N4/c1-16-7-3-5-9-18-12-14-11-15(14)13-19-10-6-4-8-17-2/h14-19H,3-13H2,1-2H3/t14-,15-/m0/s1. The van der Waals surface area contributed by atoms with E-state index in [1.165, 1.54) is 58.3 Å². The van der Waals surface area contributed by atoms with Crippen LogP contribution in [0.2, 0.25) is 0 Å². The summed E-state index contributed by atoms with van der Waals surface area (Å²) in [5.74, 6) is 1.88. The minimum atomic E-state index is 0.939. The third-order valence-electron chi connectivity index (χ3n) is 3.94. The van der Waals surface area contributed by atoms with Crippen LogP contribution in [0.3, 0.4) is 0 Å². The number of hydrogen-bond acceptors (Lipinski definition) is 4. The minimum absolute atomic E-state index is 0.939.